The summed E-state index contributed by atoms with van der Waals surface area (Å²) in [6, 6.07) is 11.6. The van der Waals surface area contributed by atoms with Crippen molar-refractivity contribution < 1.29 is 14.5 Å². The molecule has 38 heavy (non-hydrogen) atoms. The van der Waals surface area contributed by atoms with Crippen LogP contribution in [0.1, 0.15) is 38.8 Å². The molecule has 2 heterocycles. The largest absolute Gasteiger partial charge is 0.506 e. The highest BCUT2D eigenvalue weighted by molar-refractivity contribution is 6.31. The number of allylic oxidation sites excluding steroid dienone is 5. The molecule has 2 aliphatic heterocycles. The second kappa shape index (κ2) is 9.14. The number of hydrogen-bond acceptors (Lipinski definition) is 3. The van der Waals surface area contributed by atoms with E-state index in [-0.39, 0.29) is 11.5 Å². The minimum Gasteiger partial charge on any atom is -0.506 e. The van der Waals surface area contributed by atoms with Gasteiger partial charge in [-0.1, -0.05) is 49.7 Å². The summed E-state index contributed by atoms with van der Waals surface area (Å²) in [6.45, 7) is 17.4. The normalized spacial score (nSPS) is 21.2. The fourth-order valence-electron chi connectivity index (χ4n) is 5.85. The Hall–Kier alpha value is -3.34. The van der Waals surface area contributed by atoms with Gasteiger partial charge in [0.1, 0.15) is 5.76 Å². The summed E-state index contributed by atoms with van der Waals surface area (Å²) in [5, 5.41) is 12.5. The van der Waals surface area contributed by atoms with Gasteiger partial charge in [0.05, 0.1) is 16.6 Å². The van der Waals surface area contributed by atoms with E-state index < -0.39 is 10.8 Å². The van der Waals surface area contributed by atoms with Crippen LogP contribution >= 0.6 is 23.2 Å². The van der Waals surface area contributed by atoms with Crippen LogP contribution in [-0.4, -0.2) is 34.3 Å². The zero-order chi connectivity index (χ0) is 27.6. The Morgan fingerprint density at radius 3 is 2.24 bits per heavy atom. The van der Waals surface area contributed by atoms with Crippen molar-refractivity contribution in [2.45, 2.75) is 38.5 Å². The smallest absolute Gasteiger partial charge is 0.210 e. The van der Waals surface area contributed by atoms with Crippen LogP contribution in [0.4, 0.5) is 11.4 Å². The molecular formula is C32H31Cl2N2O2+. The second-order valence-electron chi connectivity index (χ2n) is 10.9. The number of nitrogens with zero attached hydrogens (tertiary/aromatic N) is 2. The van der Waals surface area contributed by atoms with Crippen LogP contribution in [0, 0.1) is 0 Å². The number of fused-ring (bicyclic) bond motifs is 2. The molecule has 5 rings (SSSR count). The van der Waals surface area contributed by atoms with Crippen LogP contribution in [-0.2, 0) is 15.6 Å². The molecule has 0 saturated carbocycles. The average molecular weight is 547 g/mol. The van der Waals surface area contributed by atoms with Crippen LogP contribution in [0.5, 0.6) is 0 Å². The van der Waals surface area contributed by atoms with Gasteiger partial charge >= 0.3 is 0 Å². The van der Waals surface area contributed by atoms with E-state index in [1.54, 1.807) is 0 Å². The summed E-state index contributed by atoms with van der Waals surface area (Å²) < 4.78 is 2.12. The quantitative estimate of drug-likeness (QED) is 0.229. The van der Waals surface area contributed by atoms with Gasteiger partial charge < -0.3 is 10.0 Å². The number of benzene rings is 2. The first-order chi connectivity index (χ1) is 17.9. The van der Waals surface area contributed by atoms with Crippen LogP contribution in [0.15, 0.2) is 96.5 Å². The zero-order valence-electron chi connectivity index (χ0n) is 22.1. The number of carbonyl (C=O) groups is 1. The third kappa shape index (κ3) is 3.81. The van der Waals surface area contributed by atoms with Crippen molar-refractivity contribution in [3.8, 4) is 0 Å². The van der Waals surface area contributed by atoms with E-state index in [1.165, 1.54) is 0 Å². The molecule has 0 unspecified atom stereocenters. The van der Waals surface area contributed by atoms with Gasteiger partial charge in [-0.15, -0.1) is 6.58 Å². The van der Waals surface area contributed by atoms with Crippen LogP contribution in [0.25, 0.3) is 0 Å². The van der Waals surface area contributed by atoms with Gasteiger partial charge in [-0.2, -0.15) is 4.58 Å². The lowest BCUT2D eigenvalue weighted by atomic mass is 9.77. The number of aliphatic hydroxyl groups is 1. The number of Topliss-reactive ketones (excluding diaryl/α,β-unsaturated/α-hetero) is 1. The highest BCUT2D eigenvalue weighted by Gasteiger charge is 2.47. The number of aliphatic hydroxyl groups excluding tert-OH is 1. The standard InChI is InChI=1S/C32H30Cl2N2O2/c1-7-13-35-25-11-9-19(33)15-23(25)31(3,4)27(35)17-21-29(37)22(30(21)38)18-28-32(5,6)24-16-20(34)10-12-26(24)36(28)14-8-2/h7-12,15-18H,1-2,13-14H2,3-6H3/p+1. The summed E-state index contributed by atoms with van der Waals surface area (Å²) in [7, 11) is 0. The van der Waals surface area contributed by atoms with Gasteiger partial charge in [0.2, 0.25) is 11.5 Å². The van der Waals surface area contributed by atoms with Gasteiger partial charge in [-0.3, -0.25) is 4.79 Å². The summed E-state index contributed by atoms with van der Waals surface area (Å²) in [5.74, 6) is -0.184. The molecule has 1 N–H and O–H groups in total. The Kier molecular flexibility index (Phi) is 6.32. The zero-order valence-corrected chi connectivity index (χ0v) is 23.6. The predicted molar refractivity (Wildman–Crippen MR) is 157 cm³/mol. The molecule has 3 aliphatic rings. The van der Waals surface area contributed by atoms with E-state index in [9.17, 15) is 9.90 Å². The highest BCUT2D eigenvalue weighted by Crippen LogP contribution is 2.50. The van der Waals surface area contributed by atoms with E-state index in [2.05, 4.69) is 50.3 Å². The Bertz CT molecular complexity index is 1550. The van der Waals surface area contributed by atoms with Crippen molar-refractivity contribution in [1.29, 1.82) is 0 Å². The minimum atomic E-state index is -0.417. The van der Waals surface area contributed by atoms with Gasteiger partial charge in [0.15, 0.2) is 12.3 Å². The first-order valence-electron chi connectivity index (χ1n) is 12.6. The number of hydrogen-bond donors (Lipinski definition) is 1. The predicted octanol–water partition coefficient (Wildman–Crippen LogP) is 7.74. The Morgan fingerprint density at radius 2 is 1.61 bits per heavy atom. The molecule has 0 aromatic heterocycles. The molecule has 6 heteroatoms. The molecule has 0 amide bonds. The van der Waals surface area contributed by atoms with E-state index in [4.69, 9.17) is 23.2 Å². The third-order valence-corrected chi connectivity index (χ3v) is 8.36. The molecule has 1 aliphatic carbocycles. The van der Waals surface area contributed by atoms with Gasteiger partial charge in [-0.25, -0.2) is 0 Å². The van der Waals surface area contributed by atoms with Crippen LogP contribution in [0.3, 0.4) is 0 Å². The van der Waals surface area contributed by atoms with Gasteiger partial charge in [-0.05, 0) is 61.9 Å². The lowest BCUT2D eigenvalue weighted by molar-refractivity contribution is -0.425. The first kappa shape index (κ1) is 26.3. The number of anilines is 1. The average Bonchev–Trinajstić information content (AvgIpc) is 3.19. The molecule has 0 radical (unpaired) electrons. The van der Waals surface area contributed by atoms with Crippen LogP contribution in [0.2, 0.25) is 10.0 Å². The van der Waals surface area contributed by atoms with Crippen molar-refractivity contribution in [3.63, 3.8) is 0 Å². The number of halogens is 2. The number of carbonyl (C=O) groups excluding carboxylic acids is 1. The van der Waals surface area contributed by atoms with E-state index in [0.717, 1.165) is 33.9 Å². The minimum absolute atomic E-state index is 0.00156. The van der Waals surface area contributed by atoms with E-state index in [1.807, 2.05) is 60.7 Å². The van der Waals surface area contributed by atoms with Crippen molar-refractivity contribution in [2.75, 3.05) is 18.0 Å². The summed E-state index contributed by atoms with van der Waals surface area (Å²) in [4.78, 5) is 15.6. The Balaban J connectivity index is 1.60. The molecule has 0 bridgehead atoms. The van der Waals surface area contributed by atoms with Crippen molar-refractivity contribution in [2.24, 2.45) is 0 Å². The topological polar surface area (TPSA) is 43.5 Å². The maximum atomic E-state index is 13.5. The Labute approximate surface area is 234 Å². The van der Waals surface area contributed by atoms with Crippen LogP contribution < -0.4 is 4.90 Å². The monoisotopic (exact) mass is 545 g/mol. The summed E-state index contributed by atoms with van der Waals surface area (Å²) >= 11 is 12.6. The Morgan fingerprint density at radius 1 is 0.947 bits per heavy atom. The van der Waals surface area contributed by atoms with Crippen molar-refractivity contribution in [1.82, 2.24) is 0 Å². The fourth-order valence-corrected chi connectivity index (χ4v) is 6.20. The van der Waals surface area contributed by atoms with E-state index >= 15 is 0 Å². The maximum absolute atomic E-state index is 13.5. The molecule has 4 nitrogen and oxygen atoms in total. The fraction of sp³-hybridized carbons (Fsp3) is 0.250. The molecule has 0 atom stereocenters. The number of ketones is 1. The maximum Gasteiger partial charge on any atom is 0.210 e. The molecular weight excluding hydrogens is 515 g/mol. The van der Waals surface area contributed by atoms with E-state index in [0.29, 0.717) is 34.3 Å². The van der Waals surface area contributed by atoms with Crippen molar-refractivity contribution >= 4 is 46.1 Å². The molecule has 0 spiro atoms. The van der Waals surface area contributed by atoms with Gasteiger partial charge in [0.25, 0.3) is 0 Å². The summed E-state index contributed by atoms with van der Waals surface area (Å²) in [6.07, 6.45) is 7.28. The molecule has 194 valence electrons. The highest BCUT2D eigenvalue weighted by atomic mass is 35.5. The van der Waals surface area contributed by atoms with Crippen molar-refractivity contribution in [3.05, 3.63) is 118 Å². The molecule has 0 saturated heterocycles. The molecule has 2 aromatic rings. The molecule has 0 fully saturated rings. The number of rotatable bonds is 6. The second-order valence-corrected chi connectivity index (χ2v) is 11.8. The summed E-state index contributed by atoms with van der Waals surface area (Å²) in [5.41, 5.74) is 5.78. The third-order valence-electron chi connectivity index (χ3n) is 7.89. The SMILES string of the molecule is C=CCN1/C(=C\C2=C(O)C(=C/C3=[N+](CC=C)c4ccc(Cl)cc4C3(C)C)/C2=O)C(C)(C)c2cc(Cl)ccc21. The molecule has 2 aromatic carbocycles. The lowest BCUT2D eigenvalue weighted by Crippen LogP contribution is -2.32. The lowest BCUT2D eigenvalue weighted by Gasteiger charge is -2.28. The first-order valence-corrected chi connectivity index (χ1v) is 13.4. The van der Waals surface area contributed by atoms with Gasteiger partial charge in [0, 0.05) is 51.1 Å².